The van der Waals surface area contributed by atoms with Gasteiger partial charge >= 0.3 is 0 Å². The van der Waals surface area contributed by atoms with Gasteiger partial charge in [-0.15, -0.1) is 6.58 Å². The lowest BCUT2D eigenvalue weighted by atomic mass is 10.2. The highest BCUT2D eigenvalue weighted by Gasteiger charge is 2.04. The number of aromatic nitrogens is 2. The molecule has 0 aliphatic heterocycles. The molecule has 0 amide bonds. The van der Waals surface area contributed by atoms with E-state index < -0.39 is 0 Å². The molecule has 1 N–H and O–H groups in total. The van der Waals surface area contributed by atoms with E-state index in [1.54, 1.807) is 0 Å². The van der Waals surface area contributed by atoms with E-state index in [4.69, 9.17) is 4.74 Å². The molecule has 1 aromatic heterocycles. The summed E-state index contributed by atoms with van der Waals surface area (Å²) < 4.78 is 7.71. The van der Waals surface area contributed by atoms with Crippen LogP contribution < -0.4 is 10.1 Å². The molecule has 0 saturated heterocycles. The van der Waals surface area contributed by atoms with Gasteiger partial charge in [0.2, 0.25) is 0 Å². The lowest BCUT2D eigenvalue weighted by molar-refractivity contribution is 0.217. The van der Waals surface area contributed by atoms with Crippen LogP contribution in [0.25, 0.3) is 0 Å². The molecule has 1 atom stereocenters. The molecular formula is C19H27N3O. The highest BCUT2D eigenvalue weighted by molar-refractivity contribution is 5.27. The first-order chi connectivity index (χ1) is 11.1. The quantitative estimate of drug-likeness (QED) is 0.715. The van der Waals surface area contributed by atoms with Crippen molar-refractivity contribution in [3.63, 3.8) is 0 Å². The fraction of sp³-hybridized carbons (Fsp3) is 0.421. The van der Waals surface area contributed by atoms with Gasteiger partial charge in [-0.05, 0) is 38.0 Å². The summed E-state index contributed by atoms with van der Waals surface area (Å²) >= 11 is 0. The van der Waals surface area contributed by atoms with Crippen molar-refractivity contribution in [2.75, 3.05) is 0 Å². The number of ether oxygens (including phenoxy) is 1. The van der Waals surface area contributed by atoms with Crippen LogP contribution in [0.1, 0.15) is 37.1 Å². The summed E-state index contributed by atoms with van der Waals surface area (Å²) in [5, 5.41) is 7.93. The Balaban J connectivity index is 1.83. The molecule has 23 heavy (non-hydrogen) atoms. The van der Waals surface area contributed by atoms with Gasteiger partial charge in [0.1, 0.15) is 5.75 Å². The largest absolute Gasteiger partial charge is 0.491 e. The third-order valence-electron chi connectivity index (χ3n) is 3.84. The monoisotopic (exact) mass is 313 g/mol. The zero-order valence-corrected chi connectivity index (χ0v) is 14.4. The second-order valence-electron chi connectivity index (χ2n) is 5.83. The molecule has 0 aliphatic rings. The van der Waals surface area contributed by atoms with Crippen LogP contribution >= 0.6 is 0 Å². The Labute approximate surface area is 139 Å². The Morgan fingerprint density at radius 3 is 2.70 bits per heavy atom. The first kappa shape index (κ1) is 17.3. The molecule has 0 aliphatic carbocycles. The number of aryl methyl sites for hydroxylation is 1. The van der Waals surface area contributed by atoms with Crippen LogP contribution in [0.5, 0.6) is 5.75 Å². The minimum absolute atomic E-state index is 0.258. The van der Waals surface area contributed by atoms with Gasteiger partial charge in [0, 0.05) is 24.8 Å². The van der Waals surface area contributed by atoms with E-state index in [0.717, 1.165) is 37.5 Å². The third kappa shape index (κ3) is 5.25. The van der Waals surface area contributed by atoms with Crippen LogP contribution in [0.15, 0.2) is 43.1 Å². The van der Waals surface area contributed by atoms with E-state index in [0.29, 0.717) is 0 Å². The van der Waals surface area contributed by atoms with Crippen LogP contribution in [-0.2, 0) is 19.6 Å². The standard InChI is InChI=1S/C19H27N3O/c1-5-11-22-14-18(16(4)21-22)13-20-12-17-7-9-19(10-8-17)23-15(3)6-2/h5,7-10,14-15,20H,1,6,11-13H2,2-4H3. The number of benzene rings is 1. The van der Waals surface area contributed by atoms with Gasteiger partial charge in [-0.1, -0.05) is 25.1 Å². The predicted molar refractivity (Wildman–Crippen MR) is 94.5 cm³/mol. The molecular weight excluding hydrogens is 286 g/mol. The molecule has 0 saturated carbocycles. The number of nitrogens with one attached hydrogen (secondary N) is 1. The van der Waals surface area contributed by atoms with Gasteiger partial charge in [-0.2, -0.15) is 5.10 Å². The van der Waals surface area contributed by atoms with Crippen molar-refractivity contribution in [3.05, 3.63) is 59.9 Å². The van der Waals surface area contributed by atoms with E-state index in [2.05, 4.69) is 49.2 Å². The zero-order valence-electron chi connectivity index (χ0n) is 14.4. The number of hydrogen-bond acceptors (Lipinski definition) is 3. The normalized spacial score (nSPS) is 12.1. The van der Waals surface area contributed by atoms with Crippen LogP contribution in [0.2, 0.25) is 0 Å². The van der Waals surface area contributed by atoms with Gasteiger partial charge in [0.25, 0.3) is 0 Å². The molecule has 0 radical (unpaired) electrons. The molecule has 4 heteroatoms. The van der Waals surface area contributed by atoms with Crippen LogP contribution in [0.4, 0.5) is 0 Å². The molecule has 2 aromatic rings. The summed E-state index contributed by atoms with van der Waals surface area (Å²) in [6.45, 7) is 12.4. The summed E-state index contributed by atoms with van der Waals surface area (Å²) in [7, 11) is 0. The van der Waals surface area contributed by atoms with Gasteiger partial charge in [-0.25, -0.2) is 0 Å². The zero-order chi connectivity index (χ0) is 16.7. The fourth-order valence-electron chi connectivity index (χ4n) is 2.30. The number of hydrogen-bond donors (Lipinski definition) is 1. The van der Waals surface area contributed by atoms with Crippen LogP contribution in [-0.4, -0.2) is 15.9 Å². The number of allylic oxidation sites excluding steroid dienone is 1. The second kappa shape index (κ2) is 8.53. The predicted octanol–water partition coefficient (Wildman–Crippen LogP) is 3.84. The molecule has 2 rings (SSSR count). The molecule has 0 spiro atoms. The second-order valence-corrected chi connectivity index (χ2v) is 5.83. The van der Waals surface area contributed by atoms with Gasteiger partial charge in [0.05, 0.1) is 18.3 Å². The van der Waals surface area contributed by atoms with E-state index in [1.165, 1.54) is 11.1 Å². The molecule has 0 bridgehead atoms. The number of nitrogens with zero attached hydrogens (tertiary/aromatic N) is 2. The summed E-state index contributed by atoms with van der Waals surface area (Å²) in [5.41, 5.74) is 3.54. The van der Waals surface area contributed by atoms with Crippen molar-refractivity contribution in [2.24, 2.45) is 0 Å². The Morgan fingerprint density at radius 2 is 2.04 bits per heavy atom. The molecule has 4 nitrogen and oxygen atoms in total. The summed E-state index contributed by atoms with van der Waals surface area (Å²) in [6, 6.07) is 8.30. The average Bonchev–Trinajstić information content (AvgIpc) is 2.89. The van der Waals surface area contributed by atoms with Crippen molar-refractivity contribution in [1.82, 2.24) is 15.1 Å². The van der Waals surface area contributed by atoms with Crippen LogP contribution in [0, 0.1) is 6.92 Å². The van der Waals surface area contributed by atoms with Crippen molar-refractivity contribution in [3.8, 4) is 5.75 Å². The Hall–Kier alpha value is -2.07. The topological polar surface area (TPSA) is 39.1 Å². The smallest absolute Gasteiger partial charge is 0.119 e. The van der Waals surface area contributed by atoms with Crippen molar-refractivity contribution in [1.29, 1.82) is 0 Å². The van der Waals surface area contributed by atoms with E-state index in [9.17, 15) is 0 Å². The van der Waals surface area contributed by atoms with Crippen molar-refractivity contribution in [2.45, 2.75) is 52.9 Å². The van der Waals surface area contributed by atoms with Gasteiger partial charge < -0.3 is 10.1 Å². The van der Waals surface area contributed by atoms with Crippen LogP contribution in [0.3, 0.4) is 0 Å². The van der Waals surface area contributed by atoms with Gasteiger partial charge in [0.15, 0.2) is 0 Å². The molecule has 124 valence electrons. The van der Waals surface area contributed by atoms with Crippen molar-refractivity contribution < 1.29 is 4.74 Å². The maximum absolute atomic E-state index is 5.79. The Kier molecular flexibility index (Phi) is 6.41. The maximum atomic E-state index is 5.79. The molecule has 1 aromatic carbocycles. The fourth-order valence-corrected chi connectivity index (χ4v) is 2.30. The summed E-state index contributed by atoms with van der Waals surface area (Å²) in [4.78, 5) is 0. The Bertz CT molecular complexity index is 616. The van der Waals surface area contributed by atoms with E-state index in [-0.39, 0.29) is 6.10 Å². The molecule has 1 unspecified atom stereocenters. The highest BCUT2D eigenvalue weighted by Crippen LogP contribution is 2.15. The minimum atomic E-state index is 0.258. The van der Waals surface area contributed by atoms with Gasteiger partial charge in [-0.3, -0.25) is 4.68 Å². The number of rotatable bonds is 9. The maximum Gasteiger partial charge on any atom is 0.119 e. The van der Waals surface area contributed by atoms with E-state index >= 15 is 0 Å². The third-order valence-corrected chi connectivity index (χ3v) is 3.84. The molecule has 0 fully saturated rings. The summed E-state index contributed by atoms with van der Waals surface area (Å²) in [5.74, 6) is 0.935. The first-order valence-electron chi connectivity index (χ1n) is 8.22. The van der Waals surface area contributed by atoms with E-state index in [1.807, 2.05) is 29.8 Å². The SMILES string of the molecule is C=CCn1cc(CNCc2ccc(OC(C)CC)cc2)c(C)n1. The Morgan fingerprint density at radius 1 is 1.30 bits per heavy atom. The lowest BCUT2D eigenvalue weighted by Gasteiger charge is -2.13. The highest BCUT2D eigenvalue weighted by atomic mass is 16.5. The molecule has 1 heterocycles. The van der Waals surface area contributed by atoms with Crippen molar-refractivity contribution >= 4 is 0 Å². The average molecular weight is 313 g/mol. The summed E-state index contributed by atoms with van der Waals surface area (Å²) in [6.07, 6.45) is 5.20. The minimum Gasteiger partial charge on any atom is -0.491 e. The first-order valence-corrected chi connectivity index (χ1v) is 8.22. The lowest BCUT2D eigenvalue weighted by Crippen LogP contribution is -2.13.